The van der Waals surface area contributed by atoms with Gasteiger partial charge in [-0.25, -0.2) is 0 Å². The van der Waals surface area contributed by atoms with E-state index in [-0.39, 0.29) is 21.7 Å². The lowest BCUT2D eigenvalue weighted by Crippen LogP contribution is -2.42. The first-order valence-corrected chi connectivity index (χ1v) is 24.6. The summed E-state index contributed by atoms with van der Waals surface area (Å²) in [7, 11) is -0.281. The number of hydrogen-bond donors (Lipinski definition) is 0. The smallest absolute Gasteiger partial charge is 0.131 e. The molecule has 0 aromatic heterocycles. The number of aryl methyl sites for hydroxylation is 1. The first kappa shape index (κ1) is 40.6. The number of methoxy groups -OCH3 is 1. The molecule has 1 nitrogen and oxygen atoms in total. The zero-order chi connectivity index (χ0) is 41.1. The van der Waals surface area contributed by atoms with Crippen LogP contribution in [0, 0.1) is 0 Å². The lowest BCUT2D eigenvalue weighted by atomic mass is 9.77. The Labute approximate surface area is 342 Å². The molecule has 296 valence electrons. The Bertz CT molecular complexity index is 2250. The van der Waals surface area contributed by atoms with E-state index in [1.165, 1.54) is 86.0 Å². The summed E-state index contributed by atoms with van der Waals surface area (Å²) >= 11 is 0. The molecule has 4 aromatic carbocycles. The Morgan fingerprint density at radius 1 is 0.554 bits per heavy atom. The van der Waals surface area contributed by atoms with Crippen LogP contribution < -0.4 is 4.74 Å². The summed E-state index contributed by atoms with van der Waals surface area (Å²) in [5, 5.41) is 0. The number of fused-ring (bicyclic) bond motifs is 3. The van der Waals surface area contributed by atoms with Crippen molar-refractivity contribution in [1.29, 1.82) is 0 Å². The second-order valence-electron chi connectivity index (χ2n) is 22.4. The van der Waals surface area contributed by atoms with Crippen molar-refractivity contribution in [2.24, 2.45) is 0 Å². The van der Waals surface area contributed by atoms with Crippen molar-refractivity contribution in [2.75, 3.05) is 7.11 Å². The number of rotatable bonds is 5. The maximum Gasteiger partial charge on any atom is 0.131 e. The highest BCUT2D eigenvalue weighted by Crippen LogP contribution is 2.58. The van der Waals surface area contributed by atoms with E-state index in [0.29, 0.717) is 11.1 Å². The predicted molar refractivity (Wildman–Crippen MR) is 247 cm³/mol. The van der Waals surface area contributed by atoms with Crippen LogP contribution in [0.1, 0.15) is 170 Å². The molecule has 56 heavy (non-hydrogen) atoms. The molecule has 0 N–H and O–H groups in total. The van der Waals surface area contributed by atoms with Crippen LogP contribution in [0.25, 0.3) is 34.4 Å². The highest BCUT2D eigenvalue weighted by Gasteiger charge is 2.49. The van der Waals surface area contributed by atoms with Crippen LogP contribution in [0.2, 0.25) is 13.1 Å². The Kier molecular flexibility index (Phi) is 9.76. The van der Waals surface area contributed by atoms with E-state index < -0.39 is 8.07 Å². The molecule has 0 amide bonds. The van der Waals surface area contributed by atoms with Gasteiger partial charge in [0.25, 0.3) is 0 Å². The van der Waals surface area contributed by atoms with Crippen molar-refractivity contribution in [3.8, 4) is 28.0 Å². The molecule has 0 aliphatic heterocycles. The van der Waals surface area contributed by atoms with E-state index in [4.69, 9.17) is 4.74 Å². The SMILES string of the molecule is COc1c(C(C)(C)C)cc2c(c1-c1ccc(C(C)(C)C)cc1)C=C(C)C2[Si](C)(C)C1C(C)=Cc2c1cc1c(c2-c2cc(C(C)(C)C)cc(C(C)(C)C)c2)CCC1. The normalized spacial score (nSPS) is 18.4. The molecule has 3 aliphatic carbocycles. The third-order valence-electron chi connectivity index (χ3n) is 13.6. The molecular weight excluding hydrogens is 693 g/mol. The van der Waals surface area contributed by atoms with E-state index >= 15 is 0 Å². The third-order valence-corrected chi connectivity index (χ3v) is 18.1. The van der Waals surface area contributed by atoms with Crippen molar-refractivity contribution >= 4 is 20.2 Å². The monoisotopic (exact) mass is 763 g/mol. The van der Waals surface area contributed by atoms with Crippen molar-refractivity contribution in [1.82, 2.24) is 0 Å². The molecule has 0 bridgehead atoms. The minimum atomic E-state index is -2.15. The number of ether oxygens (including phenoxy) is 1. The fourth-order valence-electron chi connectivity index (χ4n) is 10.7. The topological polar surface area (TPSA) is 9.23 Å². The van der Waals surface area contributed by atoms with E-state index in [9.17, 15) is 0 Å². The van der Waals surface area contributed by atoms with E-state index in [0.717, 1.165) is 5.75 Å². The van der Waals surface area contributed by atoms with Gasteiger partial charge in [0.15, 0.2) is 0 Å². The van der Waals surface area contributed by atoms with Crippen LogP contribution in [-0.4, -0.2) is 15.2 Å². The summed E-state index contributed by atoms with van der Waals surface area (Å²) in [4.78, 5) is 0. The minimum Gasteiger partial charge on any atom is -0.496 e. The fourth-order valence-corrected chi connectivity index (χ4v) is 15.6. The molecule has 0 spiro atoms. The molecule has 2 unspecified atom stereocenters. The summed E-state index contributed by atoms with van der Waals surface area (Å²) < 4.78 is 6.43. The number of hydrogen-bond acceptors (Lipinski definition) is 1. The van der Waals surface area contributed by atoms with Gasteiger partial charge in [-0.15, -0.1) is 0 Å². The van der Waals surface area contributed by atoms with Crippen LogP contribution >= 0.6 is 0 Å². The zero-order valence-corrected chi connectivity index (χ0v) is 39.0. The lowest BCUT2D eigenvalue weighted by Gasteiger charge is -2.40. The molecule has 3 aliphatic rings. The second kappa shape index (κ2) is 13.5. The molecule has 7 rings (SSSR count). The van der Waals surface area contributed by atoms with Gasteiger partial charge in [-0.2, -0.15) is 0 Å². The average Bonchev–Trinajstić information content (AvgIpc) is 3.78. The van der Waals surface area contributed by atoms with Crippen molar-refractivity contribution < 1.29 is 4.74 Å². The number of allylic oxidation sites excluding steroid dienone is 2. The Morgan fingerprint density at radius 3 is 1.54 bits per heavy atom. The highest BCUT2D eigenvalue weighted by atomic mass is 28.3. The average molecular weight is 763 g/mol. The summed E-state index contributed by atoms with van der Waals surface area (Å²) in [5.41, 5.74) is 24.2. The van der Waals surface area contributed by atoms with Gasteiger partial charge in [0.2, 0.25) is 0 Å². The van der Waals surface area contributed by atoms with Crippen molar-refractivity contribution in [2.45, 2.75) is 162 Å². The summed E-state index contributed by atoms with van der Waals surface area (Å²) in [5.74, 6) is 1.03. The van der Waals surface area contributed by atoms with Gasteiger partial charge in [-0.3, -0.25) is 0 Å². The second-order valence-corrected chi connectivity index (χ2v) is 27.2. The Morgan fingerprint density at radius 2 is 1.05 bits per heavy atom. The first-order valence-electron chi connectivity index (χ1n) is 21.4. The molecule has 0 heterocycles. The van der Waals surface area contributed by atoms with Gasteiger partial charge in [-0.05, 0) is 122 Å². The maximum atomic E-state index is 6.43. The van der Waals surface area contributed by atoms with Crippen LogP contribution in [0.15, 0.2) is 65.7 Å². The molecule has 0 saturated carbocycles. The van der Waals surface area contributed by atoms with Gasteiger partial charge < -0.3 is 4.74 Å². The highest BCUT2D eigenvalue weighted by molar-refractivity contribution is 6.81. The van der Waals surface area contributed by atoms with E-state index in [2.05, 4.69) is 177 Å². The van der Waals surface area contributed by atoms with Crippen molar-refractivity contribution in [3.63, 3.8) is 0 Å². The maximum absolute atomic E-state index is 6.43. The quantitative estimate of drug-likeness (QED) is 0.184. The summed E-state index contributed by atoms with van der Waals surface area (Å²) in [6, 6.07) is 22.1. The van der Waals surface area contributed by atoms with Crippen LogP contribution in [0.3, 0.4) is 0 Å². The third kappa shape index (κ3) is 6.80. The predicted octanol–water partition coefficient (Wildman–Crippen LogP) is 15.2. The van der Waals surface area contributed by atoms with E-state index in [1.54, 1.807) is 22.3 Å². The molecule has 0 radical (unpaired) electrons. The fraction of sp³-hybridized carbons (Fsp3) is 0.481. The van der Waals surface area contributed by atoms with E-state index in [1.807, 2.05) is 7.11 Å². The van der Waals surface area contributed by atoms with Crippen LogP contribution in [-0.2, 0) is 34.5 Å². The van der Waals surface area contributed by atoms with Gasteiger partial charge >= 0.3 is 0 Å². The lowest BCUT2D eigenvalue weighted by molar-refractivity contribution is 0.399. The van der Waals surface area contributed by atoms with Gasteiger partial charge in [0.05, 0.1) is 15.2 Å². The largest absolute Gasteiger partial charge is 0.496 e. The van der Waals surface area contributed by atoms with Crippen LogP contribution in [0.5, 0.6) is 5.75 Å². The van der Waals surface area contributed by atoms with Gasteiger partial charge in [-0.1, -0.05) is 174 Å². The van der Waals surface area contributed by atoms with Crippen molar-refractivity contribution in [3.05, 3.63) is 121 Å². The summed E-state index contributed by atoms with van der Waals surface area (Å²) in [6.45, 7) is 38.4. The molecule has 0 saturated heterocycles. The molecule has 2 heteroatoms. The van der Waals surface area contributed by atoms with Gasteiger partial charge in [0, 0.05) is 22.2 Å². The molecule has 0 fully saturated rings. The summed E-state index contributed by atoms with van der Waals surface area (Å²) in [6.07, 6.45) is 8.77. The Balaban J connectivity index is 1.43. The Hall–Kier alpha value is -3.62. The number of benzene rings is 4. The molecular formula is C54H70OSi. The zero-order valence-electron chi connectivity index (χ0n) is 38.0. The van der Waals surface area contributed by atoms with Crippen LogP contribution in [0.4, 0.5) is 0 Å². The molecule has 4 aromatic rings. The first-order chi connectivity index (χ1) is 25.8. The van der Waals surface area contributed by atoms with Gasteiger partial charge in [0.1, 0.15) is 5.75 Å². The minimum absolute atomic E-state index is 0.0716. The standard InChI is InChI=1S/C54H70OSi/c1-32-25-41-43(29-35-19-18-20-40(35)46(41)36-27-38(52(6,7)8)30-39(28-36)53(9,10)11)49(32)56(16,17)50-33(2)26-42-44(50)31-45(54(12,13)14)48(55-15)47(42)34-21-23-37(24-22-34)51(3,4)5/h21-31,49-50H,18-20H2,1-17H3. The molecule has 2 atom stereocenters.